The van der Waals surface area contributed by atoms with Crippen molar-refractivity contribution < 1.29 is 0 Å². The topological polar surface area (TPSA) is 43.3 Å². The van der Waals surface area contributed by atoms with Crippen molar-refractivity contribution in [2.45, 2.75) is 13.5 Å². The summed E-state index contributed by atoms with van der Waals surface area (Å²) in [7, 11) is 0. The molecule has 0 fully saturated rings. The van der Waals surface area contributed by atoms with Crippen LogP contribution in [0.15, 0.2) is 48.7 Å². The number of hydrogen-bond acceptors (Lipinski definition) is 2. The highest BCUT2D eigenvalue weighted by molar-refractivity contribution is 5.69. The van der Waals surface area contributed by atoms with Crippen molar-refractivity contribution >= 4 is 5.65 Å². The first-order valence-corrected chi connectivity index (χ1v) is 6.03. The van der Waals surface area contributed by atoms with E-state index < -0.39 is 0 Å². The van der Waals surface area contributed by atoms with Crippen molar-refractivity contribution in [3.05, 3.63) is 59.9 Å². The lowest BCUT2D eigenvalue weighted by atomic mass is 10.0. The molecule has 2 aromatic heterocycles. The van der Waals surface area contributed by atoms with Crippen molar-refractivity contribution in [1.82, 2.24) is 9.38 Å². The van der Waals surface area contributed by atoms with Crippen LogP contribution in [-0.4, -0.2) is 9.38 Å². The van der Waals surface area contributed by atoms with Crippen molar-refractivity contribution in [3.63, 3.8) is 0 Å². The van der Waals surface area contributed by atoms with Gasteiger partial charge in [-0.1, -0.05) is 30.3 Å². The lowest BCUT2D eigenvalue weighted by Crippen LogP contribution is -2.02. The third-order valence-corrected chi connectivity index (χ3v) is 3.22. The predicted molar refractivity (Wildman–Crippen MR) is 73.3 cm³/mol. The van der Waals surface area contributed by atoms with Gasteiger partial charge in [-0.15, -0.1) is 0 Å². The average molecular weight is 237 g/mol. The average Bonchev–Trinajstić information content (AvgIpc) is 2.77. The monoisotopic (exact) mass is 237 g/mol. The number of nitrogens with zero attached hydrogens (tertiary/aromatic N) is 2. The predicted octanol–water partition coefficient (Wildman–Crippen LogP) is 2.77. The Morgan fingerprint density at radius 1 is 1.11 bits per heavy atom. The zero-order valence-electron chi connectivity index (χ0n) is 10.3. The zero-order valence-corrected chi connectivity index (χ0v) is 10.3. The van der Waals surface area contributed by atoms with E-state index in [9.17, 15) is 0 Å². The minimum atomic E-state index is 0.481. The highest BCUT2D eigenvalue weighted by atomic mass is 15.0. The van der Waals surface area contributed by atoms with E-state index in [1.807, 2.05) is 36.5 Å². The molecule has 0 unspecified atom stereocenters. The molecule has 3 rings (SSSR count). The molecule has 2 N–H and O–H groups in total. The van der Waals surface area contributed by atoms with Gasteiger partial charge in [-0.25, -0.2) is 4.98 Å². The van der Waals surface area contributed by atoms with E-state index in [4.69, 9.17) is 10.7 Å². The number of aryl methyl sites for hydroxylation is 1. The van der Waals surface area contributed by atoms with Gasteiger partial charge in [0.1, 0.15) is 5.65 Å². The molecule has 0 amide bonds. The van der Waals surface area contributed by atoms with Crippen molar-refractivity contribution in [2.75, 3.05) is 0 Å². The summed E-state index contributed by atoms with van der Waals surface area (Å²) in [6, 6.07) is 14.2. The van der Waals surface area contributed by atoms with E-state index >= 15 is 0 Å². The van der Waals surface area contributed by atoms with Crippen LogP contribution >= 0.6 is 0 Å². The van der Waals surface area contributed by atoms with Crippen LogP contribution in [0, 0.1) is 6.92 Å². The van der Waals surface area contributed by atoms with Gasteiger partial charge in [0.15, 0.2) is 0 Å². The maximum atomic E-state index is 5.89. The van der Waals surface area contributed by atoms with Crippen LogP contribution in [0.1, 0.15) is 11.3 Å². The molecular formula is C15H15N3. The van der Waals surface area contributed by atoms with Crippen LogP contribution in [0.25, 0.3) is 16.9 Å². The Hall–Kier alpha value is -2.13. The summed E-state index contributed by atoms with van der Waals surface area (Å²) in [4.78, 5) is 4.70. The molecule has 18 heavy (non-hydrogen) atoms. The fraction of sp³-hybridized carbons (Fsp3) is 0.133. The first-order chi connectivity index (χ1) is 8.81. The number of rotatable bonds is 2. The van der Waals surface area contributed by atoms with Gasteiger partial charge in [0.2, 0.25) is 0 Å². The second kappa shape index (κ2) is 4.27. The van der Waals surface area contributed by atoms with Crippen LogP contribution in [0.5, 0.6) is 0 Å². The van der Waals surface area contributed by atoms with E-state index in [2.05, 4.69) is 23.5 Å². The minimum absolute atomic E-state index is 0.481. The van der Waals surface area contributed by atoms with Crippen molar-refractivity contribution in [2.24, 2.45) is 5.73 Å². The Labute approximate surface area is 106 Å². The Morgan fingerprint density at radius 2 is 1.89 bits per heavy atom. The molecule has 0 saturated heterocycles. The second-order valence-electron chi connectivity index (χ2n) is 4.35. The lowest BCUT2D eigenvalue weighted by molar-refractivity contribution is 0.961. The summed E-state index contributed by atoms with van der Waals surface area (Å²) in [5.41, 5.74) is 11.2. The Morgan fingerprint density at radius 3 is 2.67 bits per heavy atom. The van der Waals surface area contributed by atoms with Crippen LogP contribution < -0.4 is 5.73 Å². The van der Waals surface area contributed by atoms with Gasteiger partial charge in [-0.3, -0.25) is 0 Å². The minimum Gasteiger partial charge on any atom is -0.325 e. The van der Waals surface area contributed by atoms with Crippen LogP contribution in [-0.2, 0) is 6.54 Å². The van der Waals surface area contributed by atoms with E-state index in [0.717, 1.165) is 22.6 Å². The van der Waals surface area contributed by atoms with Gasteiger partial charge < -0.3 is 10.1 Å². The maximum absolute atomic E-state index is 5.89. The fourth-order valence-electron chi connectivity index (χ4n) is 2.30. The van der Waals surface area contributed by atoms with Gasteiger partial charge in [0, 0.05) is 18.3 Å². The lowest BCUT2D eigenvalue weighted by Gasteiger charge is -2.05. The molecule has 0 atom stereocenters. The number of pyridine rings is 1. The Kier molecular flexibility index (Phi) is 2.61. The fourth-order valence-corrected chi connectivity index (χ4v) is 2.30. The molecule has 2 heterocycles. The largest absolute Gasteiger partial charge is 0.325 e. The number of nitrogens with two attached hydrogens (primary N) is 1. The summed E-state index contributed by atoms with van der Waals surface area (Å²) in [6.45, 7) is 2.58. The maximum Gasteiger partial charge on any atom is 0.137 e. The van der Waals surface area contributed by atoms with Gasteiger partial charge >= 0.3 is 0 Å². The second-order valence-corrected chi connectivity index (χ2v) is 4.35. The molecule has 0 spiro atoms. The molecule has 0 aliphatic rings. The molecule has 0 aliphatic heterocycles. The normalized spacial score (nSPS) is 11.0. The molecule has 90 valence electrons. The van der Waals surface area contributed by atoms with Crippen LogP contribution in [0.2, 0.25) is 0 Å². The Bertz CT molecular complexity index is 698. The highest BCUT2D eigenvalue weighted by Crippen LogP contribution is 2.26. The van der Waals surface area contributed by atoms with Gasteiger partial charge in [0.25, 0.3) is 0 Å². The van der Waals surface area contributed by atoms with E-state index in [1.165, 1.54) is 5.56 Å². The molecule has 0 saturated carbocycles. The van der Waals surface area contributed by atoms with E-state index in [0.29, 0.717) is 6.54 Å². The van der Waals surface area contributed by atoms with Crippen molar-refractivity contribution in [1.29, 1.82) is 0 Å². The molecule has 0 aliphatic carbocycles. The molecular weight excluding hydrogens is 222 g/mol. The third kappa shape index (κ3) is 1.60. The molecule has 3 aromatic rings. The summed E-state index contributed by atoms with van der Waals surface area (Å²) in [5, 5.41) is 0. The standard InChI is InChI=1S/C15H15N3/c1-11-6-2-3-7-12(11)15-13(10-16)18-9-5-4-8-14(18)17-15/h2-9H,10,16H2,1H3. The highest BCUT2D eigenvalue weighted by Gasteiger charge is 2.13. The zero-order chi connectivity index (χ0) is 12.5. The third-order valence-electron chi connectivity index (χ3n) is 3.22. The summed E-state index contributed by atoms with van der Waals surface area (Å²) in [5.74, 6) is 0. The molecule has 3 nitrogen and oxygen atoms in total. The Balaban J connectivity index is 2.32. The van der Waals surface area contributed by atoms with Gasteiger partial charge in [0.05, 0.1) is 11.4 Å². The summed E-state index contributed by atoms with van der Waals surface area (Å²) >= 11 is 0. The SMILES string of the molecule is Cc1ccccc1-c1nc2ccccn2c1CN. The molecule has 3 heteroatoms. The number of fused-ring (bicyclic) bond motifs is 1. The smallest absolute Gasteiger partial charge is 0.137 e. The number of imidazole rings is 1. The van der Waals surface area contributed by atoms with Crippen molar-refractivity contribution in [3.8, 4) is 11.3 Å². The molecule has 0 radical (unpaired) electrons. The molecule has 0 bridgehead atoms. The van der Waals surface area contributed by atoms with Gasteiger partial charge in [-0.05, 0) is 24.6 Å². The van der Waals surface area contributed by atoms with E-state index in [-0.39, 0.29) is 0 Å². The summed E-state index contributed by atoms with van der Waals surface area (Å²) < 4.78 is 2.06. The first kappa shape index (κ1) is 11.0. The van der Waals surface area contributed by atoms with E-state index in [1.54, 1.807) is 0 Å². The number of benzene rings is 1. The molecule has 1 aromatic carbocycles. The number of aromatic nitrogens is 2. The van der Waals surface area contributed by atoms with Crippen LogP contribution in [0.3, 0.4) is 0 Å². The van der Waals surface area contributed by atoms with Gasteiger partial charge in [-0.2, -0.15) is 0 Å². The summed E-state index contributed by atoms with van der Waals surface area (Å²) in [6.07, 6.45) is 2.01. The number of hydrogen-bond donors (Lipinski definition) is 1. The van der Waals surface area contributed by atoms with Crippen LogP contribution in [0.4, 0.5) is 0 Å². The first-order valence-electron chi connectivity index (χ1n) is 6.03. The quantitative estimate of drug-likeness (QED) is 0.744.